The summed E-state index contributed by atoms with van der Waals surface area (Å²) in [6, 6.07) is 22.5. The van der Waals surface area contributed by atoms with Gasteiger partial charge in [0.1, 0.15) is 12.4 Å². The summed E-state index contributed by atoms with van der Waals surface area (Å²) in [5.41, 5.74) is 2.02. The van der Waals surface area contributed by atoms with E-state index >= 15 is 0 Å². The number of aryl methyl sites for hydroxylation is 1. The molecule has 3 aromatic carbocycles. The van der Waals surface area contributed by atoms with Gasteiger partial charge in [-0.1, -0.05) is 36.4 Å². The highest BCUT2D eigenvalue weighted by molar-refractivity contribution is 7.92. The van der Waals surface area contributed by atoms with Crippen LogP contribution in [0.4, 0.5) is 5.69 Å². The average Bonchev–Trinajstić information content (AvgIpc) is 2.80. The van der Waals surface area contributed by atoms with Crippen LogP contribution in [-0.4, -0.2) is 46.5 Å². The van der Waals surface area contributed by atoms with Crippen molar-refractivity contribution in [3.05, 3.63) is 90.0 Å². The number of hydrogen-bond donors (Lipinski definition) is 0. The van der Waals surface area contributed by atoms with E-state index in [-0.39, 0.29) is 10.8 Å². The lowest BCUT2D eigenvalue weighted by Gasteiger charge is -2.20. The number of sulfonamides is 1. The molecule has 0 aliphatic carbocycles. The first-order valence-electron chi connectivity index (χ1n) is 9.88. The zero-order valence-corrected chi connectivity index (χ0v) is 18.7. The number of hydrogen-bond acceptors (Lipinski definition) is 4. The van der Waals surface area contributed by atoms with Crippen LogP contribution in [0.25, 0.3) is 0 Å². The Balaban J connectivity index is 1.63. The predicted octanol–water partition coefficient (Wildman–Crippen LogP) is 3.97. The molecule has 0 heterocycles. The van der Waals surface area contributed by atoms with Crippen LogP contribution in [0.5, 0.6) is 5.75 Å². The third-order valence-electron chi connectivity index (χ3n) is 5.00. The summed E-state index contributed by atoms with van der Waals surface area (Å²) in [7, 11) is -0.517. The lowest BCUT2D eigenvalue weighted by Crippen LogP contribution is -2.31. The molecular weight excluding hydrogens is 412 g/mol. The lowest BCUT2D eigenvalue weighted by atomic mass is 10.2. The summed E-state index contributed by atoms with van der Waals surface area (Å²) in [5, 5.41) is 0. The number of benzene rings is 3. The maximum absolute atomic E-state index is 12.9. The van der Waals surface area contributed by atoms with Crippen molar-refractivity contribution < 1.29 is 17.9 Å². The van der Waals surface area contributed by atoms with Crippen LogP contribution in [0.2, 0.25) is 0 Å². The third-order valence-corrected chi connectivity index (χ3v) is 6.80. The molecule has 31 heavy (non-hydrogen) atoms. The smallest absolute Gasteiger partial charge is 0.264 e. The van der Waals surface area contributed by atoms with E-state index < -0.39 is 10.0 Å². The summed E-state index contributed by atoms with van der Waals surface area (Å²) in [5.74, 6) is 0.592. The Labute approximate surface area is 183 Å². The standard InChI is InChI=1S/C24H26N2O4S/c1-19-9-7-8-12-23(19)30-18-17-25(2)24(27)20-13-15-22(16-14-20)31(28,29)26(3)21-10-5-4-6-11-21/h4-16H,17-18H2,1-3H3. The SMILES string of the molecule is Cc1ccccc1OCCN(C)C(=O)c1ccc(S(=O)(=O)N(C)c2ccccc2)cc1. The van der Waals surface area contributed by atoms with Gasteiger partial charge in [-0.2, -0.15) is 0 Å². The molecule has 0 atom stereocenters. The van der Waals surface area contributed by atoms with Crippen LogP contribution in [0, 0.1) is 6.92 Å². The number of ether oxygens (including phenoxy) is 1. The number of anilines is 1. The number of nitrogens with zero attached hydrogens (tertiary/aromatic N) is 2. The highest BCUT2D eigenvalue weighted by Gasteiger charge is 2.22. The van der Waals surface area contributed by atoms with Crippen molar-refractivity contribution >= 4 is 21.6 Å². The van der Waals surface area contributed by atoms with E-state index in [1.807, 2.05) is 37.3 Å². The lowest BCUT2D eigenvalue weighted by molar-refractivity contribution is 0.0773. The third kappa shape index (κ3) is 5.24. The fourth-order valence-corrected chi connectivity index (χ4v) is 4.23. The first-order valence-corrected chi connectivity index (χ1v) is 11.3. The molecule has 0 spiro atoms. The Morgan fingerprint density at radius 2 is 1.48 bits per heavy atom. The second kappa shape index (κ2) is 9.66. The molecule has 0 aliphatic heterocycles. The fourth-order valence-electron chi connectivity index (χ4n) is 3.04. The van der Waals surface area contributed by atoms with Crippen LogP contribution >= 0.6 is 0 Å². The van der Waals surface area contributed by atoms with Gasteiger partial charge in [-0.15, -0.1) is 0 Å². The molecule has 3 rings (SSSR count). The van der Waals surface area contributed by atoms with Crippen molar-refractivity contribution in [1.29, 1.82) is 0 Å². The molecule has 0 aromatic heterocycles. The molecule has 0 aliphatic rings. The minimum atomic E-state index is -3.72. The number of likely N-dealkylation sites (N-methyl/N-ethyl adjacent to an activating group) is 1. The summed E-state index contributed by atoms with van der Waals surface area (Å²) in [6.07, 6.45) is 0. The minimum absolute atomic E-state index is 0.126. The van der Waals surface area contributed by atoms with Crippen molar-refractivity contribution in [2.24, 2.45) is 0 Å². The molecule has 0 bridgehead atoms. The van der Waals surface area contributed by atoms with Crippen LogP contribution < -0.4 is 9.04 Å². The second-order valence-corrected chi connectivity index (χ2v) is 9.14. The van der Waals surface area contributed by atoms with Crippen molar-refractivity contribution in [3.8, 4) is 5.75 Å². The molecule has 3 aromatic rings. The molecule has 6 nitrogen and oxygen atoms in total. The van der Waals surface area contributed by atoms with Crippen LogP contribution in [0.1, 0.15) is 15.9 Å². The number of para-hydroxylation sites is 2. The molecule has 0 fully saturated rings. The molecule has 0 saturated heterocycles. The molecule has 7 heteroatoms. The number of carbonyl (C=O) groups excluding carboxylic acids is 1. The summed E-state index contributed by atoms with van der Waals surface area (Å²) in [6.45, 7) is 2.74. The van der Waals surface area contributed by atoms with E-state index in [1.54, 1.807) is 36.2 Å². The Kier molecular flexibility index (Phi) is 6.97. The molecule has 0 saturated carbocycles. The van der Waals surface area contributed by atoms with Crippen molar-refractivity contribution in [2.75, 3.05) is 31.6 Å². The van der Waals surface area contributed by atoms with Gasteiger partial charge in [0, 0.05) is 19.7 Å². The second-order valence-electron chi connectivity index (χ2n) is 7.17. The van der Waals surface area contributed by atoms with E-state index in [0.717, 1.165) is 11.3 Å². The van der Waals surface area contributed by atoms with Gasteiger partial charge in [0.15, 0.2) is 0 Å². The Morgan fingerprint density at radius 3 is 2.13 bits per heavy atom. The van der Waals surface area contributed by atoms with Crippen molar-refractivity contribution in [1.82, 2.24) is 4.90 Å². The summed E-state index contributed by atoms with van der Waals surface area (Å²) in [4.78, 5) is 14.4. The number of amides is 1. The Bertz CT molecular complexity index is 1130. The van der Waals surface area contributed by atoms with Crippen LogP contribution in [0.3, 0.4) is 0 Å². The quantitative estimate of drug-likeness (QED) is 0.534. The monoisotopic (exact) mass is 438 g/mol. The van der Waals surface area contributed by atoms with Gasteiger partial charge in [-0.3, -0.25) is 9.10 Å². The molecule has 0 unspecified atom stereocenters. The Hall–Kier alpha value is -3.32. The van der Waals surface area contributed by atoms with Crippen LogP contribution in [0.15, 0.2) is 83.8 Å². The van der Waals surface area contributed by atoms with E-state index in [1.165, 1.54) is 35.6 Å². The van der Waals surface area contributed by atoms with Gasteiger partial charge in [-0.25, -0.2) is 8.42 Å². The summed E-state index contributed by atoms with van der Waals surface area (Å²) >= 11 is 0. The number of rotatable bonds is 8. The van der Waals surface area contributed by atoms with E-state index in [2.05, 4.69) is 0 Å². The highest BCUT2D eigenvalue weighted by Crippen LogP contribution is 2.22. The van der Waals surface area contributed by atoms with E-state index in [0.29, 0.717) is 24.4 Å². The van der Waals surface area contributed by atoms with Crippen molar-refractivity contribution in [2.45, 2.75) is 11.8 Å². The number of carbonyl (C=O) groups is 1. The molecule has 1 amide bonds. The van der Waals surface area contributed by atoms with Crippen molar-refractivity contribution in [3.63, 3.8) is 0 Å². The van der Waals surface area contributed by atoms with Crippen LogP contribution in [-0.2, 0) is 10.0 Å². The van der Waals surface area contributed by atoms with Gasteiger partial charge in [0.05, 0.1) is 17.1 Å². The van der Waals surface area contributed by atoms with Gasteiger partial charge in [-0.05, 0) is 55.0 Å². The topological polar surface area (TPSA) is 66.9 Å². The summed E-state index contributed by atoms with van der Waals surface area (Å²) < 4.78 is 32.7. The molecule has 0 N–H and O–H groups in total. The molecule has 162 valence electrons. The normalized spacial score (nSPS) is 11.1. The zero-order chi connectivity index (χ0) is 22.4. The van der Waals surface area contributed by atoms with E-state index in [9.17, 15) is 13.2 Å². The fraction of sp³-hybridized carbons (Fsp3) is 0.208. The van der Waals surface area contributed by atoms with Gasteiger partial charge >= 0.3 is 0 Å². The van der Waals surface area contributed by atoms with Gasteiger partial charge in [0.25, 0.3) is 15.9 Å². The Morgan fingerprint density at radius 1 is 0.871 bits per heavy atom. The maximum atomic E-state index is 12.9. The highest BCUT2D eigenvalue weighted by atomic mass is 32.2. The first kappa shape index (κ1) is 22.4. The van der Waals surface area contributed by atoms with Gasteiger partial charge in [0.2, 0.25) is 0 Å². The molecular formula is C24H26N2O4S. The van der Waals surface area contributed by atoms with E-state index in [4.69, 9.17) is 4.74 Å². The largest absolute Gasteiger partial charge is 0.491 e. The average molecular weight is 439 g/mol. The zero-order valence-electron chi connectivity index (χ0n) is 17.9. The molecule has 0 radical (unpaired) electrons. The minimum Gasteiger partial charge on any atom is -0.491 e. The van der Waals surface area contributed by atoms with Gasteiger partial charge < -0.3 is 9.64 Å². The predicted molar refractivity (Wildman–Crippen MR) is 122 cm³/mol. The first-order chi connectivity index (χ1) is 14.8. The maximum Gasteiger partial charge on any atom is 0.264 e.